The number of hydrogen-bond acceptors (Lipinski definition) is 4. The zero-order chi connectivity index (χ0) is 23.0. The molecule has 1 fully saturated rings. The Balaban J connectivity index is 1.96. The van der Waals surface area contributed by atoms with Gasteiger partial charge in [-0.05, 0) is 52.7 Å². The van der Waals surface area contributed by atoms with E-state index in [9.17, 15) is 9.90 Å². The van der Waals surface area contributed by atoms with Crippen LogP contribution in [0.2, 0.25) is 5.02 Å². The smallest absolute Gasteiger partial charge is 0.337 e. The summed E-state index contributed by atoms with van der Waals surface area (Å²) in [4.78, 5) is 17.1. The third-order valence-corrected chi connectivity index (χ3v) is 6.17. The van der Waals surface area contributed by atoms with Crippen molar-refractivity contribution < 1.29 is 14.6 Å². The zero-order valence-corrected chi connectivity index (χ0v) is 19.8. The van der Waals surface area contributed by atoms with E-state index in [0.717, 1.165) is 42.6 Å². The molecule has 4 rings (SSSR count). The molecule has 2 heterocycles. The van der Waals surface area contributed by atoms with E-state index in [2.05, 4.69) is 0 Å². The van der Waals surface area contributed by atoms with E-state index in [1.165, 1.54) is 6.42 Å². The van der Waals surface area contributed by atoms with Crippen LogP contribution < -0.4 is 0 Å². The fourth-order valence-corrected chi connectivity index (χ4v) is 4.82. The number of fused-ring (bicyclic) bond motifs is 1. The Hall–Kier alpha value is -2.44. The number of carbonyl (C=O) groups is 1. The van der Waals surface area contributed by atoms with Gasteiger partial charge < -0.3 is 9.84 Å². The Morgan fingerprint density at radius 3 is 2.56 bits per heavy atom. The first-order valence-electron chi connectivity index (χ1n) is 11.2. The van der Waals surface area contributed by atoms with Gasteiger partial charge in [0.05, 0.1) is 17.0 Å². The predicted molar refractivity (Wildman–Crippen MR) is 125 cm³/mol. The minimum atomic E-state index is -1.11. The van der Waals surface area contributed by atoms with Gasteiger partial charge >= 0.3 is 5.97 Å². The Kier molecular flexibility index (Phi) is 6.28. The second kappa shape index (κ2) is 8.83. The summed E-state index contributed by atoms with van der Waals surface area (Å²) in [7, 11) is 0. The van der Waals surface area contributed by atoms with Crippen LogP contribution in [0.1, 0.15) is 81.8 Å². The van der Waals surface area contributed by atoms with Crippen LogP contribution in [0.3, 0.4) is 0 Å². The molecule has 1 unspecified atom stereocenters. The van der Waals surface area contributed by atoms with Crippen LogP contribution in [-0.2, 0) is 9.53 Å². The molecule has 170 valence electrons. The van der Waals surface area contributed by atoms with Gasteiger partial charge in [-0.15, -0.1) is 0 Å². The summed E-state index contributed by atoms with van der Waals surface area (Å²) in [5.74, 6) is -0.802. The highest BCUT2D eigenvalue weighted by Gasteiger charge is 2.35. The van der Waals surface area contributed by atoms with Crippen molar-refractivity contribution in [2.45, 2.75) is 77.4 Å². The Labute approximate surface area is 193 Å². The fourth-order valence-electron chi connectivity index (χ4n) is 4.63. The van der Waals surface area contributed by atoms with Gasteiger partial charge in [-0.3, -0.25) is 0 Å². The zero-order valence-electron chi connectivity index (χ0n) is 19.1. The van der Waals surface area contributed by atoms with Crippen LogP contribution in [0.5, 0.6) is 0 Å². The van der Waals surface area contributed by atoms with E-state index < -0.39 is 17.7 Å². The largest absolute Gasteiger partial charge is 0.479 e. The highest BCUT2D eigenvalue weighted by atomic mass is 35.5. The maximum absolute atomic E-state index is 12.4. The number of nitrogens with zero attached hydrogens (tertiary/aromatic N) is 3. The number of aromatic nitrogens is 3. The minimum absolute atomic E-state index is 0.209. The Morgan fingerprint density at radius 2 is 1.94 bits per heavy atom. The molecule has 0 spiro atoms. The van der Waals surface area contributed by atoms with E-state index in [-0.39, 0.29) is 5.92 Å². The summed E-state index contributed by atoms with van der Waals surface area (Å²) in [5, 5.41) is 15.7. The van der Waals surface area contributed by atoms with Gasteiger partial charge in [0.25, 0.3) is 0 Å². The topological polar surface area (TPSA) is 76.7 Å². The molecular formula is C25H30ClN3O3. The molecule has 0 amide bonds. The van der Waals surface area contributed by atoms with Crippen molar-refractivity contribution in [2.75, 3.05) is 0 Å². The summed E-state index contributed by atoms with van der Waals surface area (Å²) in [6, 6.07) is 9.50. The molecule has 3 aromatic rings. The molecule has 1 aromatic carbocycles. The Morgan fingerprint density at radius 1 is 1.22 bits per heavy atom. The van der Waals surface area contributed by atoms with Crippen molar-refractivity contribution in [1.29, 1.82) is 0 Å². The number of ether oxygens (including phenoxy) is 1. The van der Waals surface area contributed by atoms with Gasteiger partial charge in [0, 0.05) is 33.8 Å². The van der Waals surface area contributed by atoms with E-state index in [1.54, 1.807) is 0 Å². The third kappa shape index (κ3) is 4.66. The second-order valence-corrected chi connectivity index (χ2v) is 10.0. The number of carboxylic acids is 1. The minimum Gasteiger partial charge on any atom is -0.479 e. The van der Waals surface area contributed by atoms with Crippen LogP contribution >= 0.6 is 11.6 Å². The van der Waals surface area contributed by atoms with Gasteiger partial charge in [-0.25, -0.2) is 14.3 Å². The molecular weight excluding hydrogens is 426 g/mol. The van der Waals surface area contributed by atoms with Crippen molar-refractivity contribution >= 4 is 23.2 Å². The van der Waals surface area contributed by atoms with Gasteiger partial charge in [0.1, 0.15) is 0 Å². The van der Waals surface area contributed by atoms with Gasteiger partial charge in [0.2, 0.25) is 0 Å². The molecule has 0 aliphatic heterocycles. The number of rotatable bonds is 5. The van der Waals surface area contributed by atoms with E-state index >= 15 is 0 Å². The lowest BCUT2D eigenvalue weighted by atomic mass is 9.83. The quantitative estimate of drug-likeness (QED) is 0.485. The van der Waals surface area contributed by atoms with Crippen LogP contribution in [0.25, 0.3) is 16.9 Å². The number of aryl methyl sites for hydroxylation is 1. The maximum atomic E-state index is 12.4. The van der Waals surface area contributed by atoms with Crippen LogP contribution in [-0.4, -0.2) is 31.3 Å². The summed E-state index contributed by atoms with van der Waals surface area (Å²) in [5.41, 5.74) is 3.97. The number of halogens is 1. The first-order valence-corrected chi connectivity index (χ1v) is 11.6. The molecule has 1 N–H and O–H groups in total. The van der Waals surface area contributed by atoms with Crippen molar-refractivity contribution in [1.82, 2.24) is 14.6 Å². The van der Waals surface area contributed by atoms with E-state index in [1.807, 2.05) is 62.5 Å². The average molecular weight is 456 g/mol. The highest BCUT2D eigenvalue weighted by molar-refractivity contribution is 6.30. The standard InChI is InChI=1S/C25H30ClN3O3/c1-15-21(23(24(30)31)32-25(2,3)4)22(16-9-6-5-7-10-16)29-20(27-15)14-19(28-29)17-11-8-12-18(26)13-17/h8,11-14,16,23H,5-7,9-10H2,1-4H3,(H,30,31). The number of aliphatic carboxylic acids is 1. The van der Waals surface area contributed by atoms with Crippen molar-refractivity contribution in [3.8, 4) is 11.3 Å². The number of carboxylic acid groups (broad SMARTS) is 1. The second-order valence-electron chi connectivity index (χ2n) is 9.59. The predicted octanol–water partition coefficient (Wildman–Crippen LogP) is 6.35. The molecule has 2 aromatic heterocycles. The molecule has 7 heteroatoms. The molecule has 0 radical (unpaired) electrons. The normalized spacial score (nSPS) is 16.4. The fraction of sp³-hybridized carbons (Fsp3) is 0.480. The first-order chi connectivity index (χ1) is 15.1. The lowest BCUT2D eigenvalue weighted by Crippen LogP contribution is -2.30. The molecule has 32 heavy (non-hydrogen) atoms. The van der Waals surface area contributed by atoms with Crippen LogP contribution in [0.4, 0.5) is 0 Å². The Bertz CT molecular complexity index is 1140. The molecule has 6 nitrogen and oxygen atoms in total. The molecule has 1 aliphatic carbocycles. The number of benzene rings is 1. The molecule has 0 saturated heterocycles. The lowest BCUT2D eigenvalue weighted by molar-refractivity contribution is -0.161. The average Bonchev–Trinajstić information content (AvgIpc) is 3.14. The third-order valence-electron chi connectivity index (χ3n) is 5.94. The first kappa shape index (κ1) is 22.7. The monoisotopic (exact) mass is 455 g/mol. The van der Waals surface area contributed by atoms with Crippen molar-refractivity contribution in [3.63, 3.8) is 0 Å². The molecule has 1 aliphatic rings. The highest BCUT2D eigenvalue weighted by Crippen LogP contribution is 2.40. The summed E-state index contributed by atoms with van der Waals surface area (Å²) in [6.07, 6.45) is 4.33. The molecule has 1 saturated carbocycles. The summed E-state index contributed by atoms with van der Waals surface area (Å²) >= 11 is 6.20. The van der Waals surface area contributed by atoms with E-state index in [4.69, 9.17) is 26.4 Å². The molecule has 1 atom stereocenters. The van der Waals surface area contributed by atoms with Crippen molar-refractivity contribution in [2.24, 2.45) is 0 Å². The number of hydrogen-bond donors (Lipinski definition) is 1. The maximum Gasteiger partial charge on any atom is 0.337 e. The van der Waals surface area contributed by atoms with Gasteiger partial charge in [0.15, 0.2) is 11.8 Å². The van der Waals surface area contributed by atoms with Gasteiger partial charge in [-0.1, -0.05) is 43.0 Å². The SMILES string of the molecule is Cc1nc2cc(-c3cccc(Cl)c3)nn2c(C2CCCCC2)c1C(OC(C)(C)C)C(=O)O. The molecule has 0 bridgehead atoms. The van der Waals surface area contributed by atoms with Crippen molar-refractivity contribution in [3.05, 3.63) is 52.3 Å². The van der Waals surface area contributed by atoms with Crippen LogP contribution in [0.15, 0.2) is 30.3 Å². The lowest BCUT2D eigenvalue weighted by Gasteiger charge is -2.30. The summed E-state index contributed by atoms with van der Waals surface area (Å²) < 4.78 is 7.90. The summed E-state index contributed by atoms with van der Waals surface area (Å²) in [6.45, 7) is 7.48. The van der Waals surface area contributed by atoms with Crippen LogP contribution in [0, 0.1) is 6.92 Å². The van der Waals surface area contributed by atoms with Gasteiger partial charge in [-0.2, -0.15) is 5.10 Å². The van der Waals surface area contributed by atoms with E-state index in [0.29, 0.717) is 21.9 Å².